The van der Waals surface area contributed by atoms with Crippen molar-refractivity contribution in [3.63, 3.8) is 0 Å². The van der Waals surface area contributed by atoms with Gasteiger partial charge in [0.05, 0.1) is 23.7 Å². The molecule has 0 atom stereocenters. The molecule has 3 aromatic rings. The van der Waals surface area contributed by atoms with E-state index >= 15 is 4.39 Å². The number of halogens is 3. The lowest BCUT2D eigenvalue weighted by Gasteiger charge is -2.12. The van der Waals surface area contributed by atoms with Crippen molar-refractivity contribution < 1.29 is 17.2 Å². The molecule has 8 heteroatoms. The summed E-state index contributed by atoms with van der Waals surface area (Å²) >= 11 is 5.96. The van der Waals surface area contributed by atoms with Gasteiger partial charge in [0.1, 0.15) is 11.6 Å². The van der Waals surface area contributed by atoms with E-state index in [0.717, 1.165) is 28.5 Å². The molecule has 0 aliphatic carbocycles. The Labute approximate surface area is 190 Å². The zero-order chi connectivity index (χ0) is 22.9. The van der Waals surface area contributed by atoms with Crippen molar-refractivity contribution in [3.05, 3.63) is 87.7 Å². The first kappa shape index (κ1) is 22.6. The van der Waals surface area contributed by atoms with Crippen LogP contribution in [0, 0.1) is 11.6 Å². The summed E-state index contributed by atoms with van der Waals surface area (Å²) in [5.41, 5.74) is 3.54. The van der Waals surface area contributed by atoms with Crippen LogP contribution in [0.2, 0.25) is 5.02 Å². The van der Waals surface area contributed by atoms with E-state index in [9.17, 15) is 12.8 Å². The highest BCUT2D eigenvalue weighted by Gasteiger charge is 2.24. The summed E-state index contributed by atoms with van der Waals surface area (Å²) in [5, 5.41) is 0.622. The number of fused-ring (bicyclic) bond motifs is 1. The van der Waals surface area contributed by atoms with Crippen LogP contribution in [0.15, 0.2) is 53.7 Å². The van der Waals surface area contributed by atoms with Gasteiger partial charge in [-0.15, -0.1) is 0 Å². The highest BCUT2D eigenvalue weighted by Crippen LogP contribution is 2.28. The number of hydrogen-bond acceptors (Lipinski definition) is 4. The summed E-state index contributed by atoms with van der Waals surface area (Å²) < 4.78 is 54.0. The first-order chi connectivity index (χ1) is 15.3. The molecule has 0 bridgehead atoms. The fourth-order valence-electron chi connectivity index (χ4n) is 3.78. The summed E-state index contributed by atoms with van der Waals surface area (Å²) in [6.07, 6.45) is 2.09. The number of benzene rings is 2. The molecule has 0 amide bonds. The average Bonchev–Trinajstić information content (AvgIpc) is 3.15. The van der Waals surface area contributed by atoms with Gasteiger partial charge in [0.2, 0.25) is 0 Å². The quantitative estimate of drug-likeness (QED) is 0.451. The fraction of sp³-hybridized carbons (Fsp3) is 0.250. The van der Waals surface area contributed by atoms with Gasteiger partial charge in [0.15, 0.2) is 9.84 Å². The van der Waals surface area contributed by atoms with Gasteiger partial charge in [-0.1, -0.05) is 36.7 Å². The Morgan fingerprint density at radius 1 is 1.06 bits per heavy atom. The molecule has 2 heterocycles. The van der Waals surface area contributed by atoms with E-state index in [1.165, 1.54) is 6.07 Å². The molecule has 4 nitrogen and oxygen atoms in total. The maximum Gasteiger partial charge on any atom is 0.154 e. The summed E-state index contributed by atoms with van der Waals surface area (Å²) in [6, 6.07) is 11.5. The van der Waals surface area contributed by atoms with Crippen LogP contribution in [0.1, 0.15) is 35.7 Å². The lowest BCUT2D eigenvalue weighted by atomic mass is 9.97. The largest absolute Gasteiger partial charge is 0.282 e. The minimum absolute atomic E-state index is 0.0262. The Balaban J connectivity index is 1.65. The van der Waals surface area contributed by atoms with E-state index in [1.54, 1.807) is 25.3 Å². The molecular weight excluding hydrogens is 454 g/mol. The number of sulfone groups is 1. The van der Waals surface area contributed by atoms with Crippen LogP contribution in [0.3, 0.4) is 0 Å². The van der Waals surface area contributed by atoms with Crippen molar-refractivity contribution in [3.8, 4) is 11.1 Å². The van der Waals surface area contributed by atoms with Crippen molar-refractivity contribution >= 4 is 27.1 Å². The maximum atomic E-state index is 15.1. The van der Waals surface area contributed by atoms with E-state index in [0.29, 0.717) is 23.7 Å². The van der Waals surface area contributed by atoms with Gasteiger partial charge in [0, 0.05) is 45.6 Å². The van der Waals surface area contributed by atoms with Gasteiger partial charge in [-0.05, 0) is 36.2 Å². The zero-order valence-electron chi connectivity index (χ0n) is 17.4. The predicted octanol–water partition coefficient (Wildman–Crippen LogP) is 5.55. The highest BCUT2D eigenvalue weighted by atomic mass is 35.5. The molecule has 0 radical (unpaired) electrons. The second-order valence-electron chi connectivity index (χ2n) is 7.76. The third-order valence-corrected chi connectivity index (χ3v) is 7.41. The topological polar surface area (TPSA) is 59.4 Å². The van der Waals surface area contributed by atoms with Gasteiger partial charge >= 0.3 is 0 Å². The molecule has 1 aliphatic heterocycles. The molecule has 1 aromatic heterocycles. The fourth-order valence-corrected chi connectivity index (χ4v) is 5.37. The van der Waals surface area contributed by atoms with Crippen LogP contribution in [0.4, 0.5) is 8.78 Å². The maximum absolute atomic E-state index is 15.1. The molecular formula is C24H21ClF2N2O2S. The van der Waals surface area contributed by atoms with Crippen molar-refractivity contribution in [2.75, 3.05) is 5.75 Å². The number of pyridine rings is 1. The third kappa shape index (κ3) is 4.74. The molecule has 166 valence electrons. The number of hydrogen-bond donors (Lipinski definition) is 0. The second-order valence-corrected chi connectivity index (χ2v) is 10.4. The Kier molecular flexibility index (Phi) is 6.40. The number of aliphatic imine (C=N–C) groups is 1. The van der Waals surface area contributed by atoms with E-state index < -0.39 is 27.2 Å². The Bertz CT molecular complexity index is 1310. The zero-order valence-corrected chi connectivity index (χ0v) is 19.0. The van der Waals surface area contributed by atoms with Crippen molar-refractivity contribution in [1.82, 2.24) is 4.98 Å². The molecule has 2 aromatic carbocycles. The first-order valence-electron chi connectivity index (χ1n) is 10.2. The summed E-state index contributed by atoms with van der Waals surface area (Å²) in [4.78, 5) is 8.91. The van der Waals surface area contributed by atoms with Gasteiger partial charge in [-0.2, -0.15) is 0 Å². The van der Waals surface area contributed by atoms with Gasteiger partial charge in [0.25, 0.3) is 0 Å². The molecule has 0 saturated carbocycles. The third-order valence-electron chi connectivity index (χ3n) is 5.38. The molecule has 0 N–H and O–H groups in total. The molecule has 0 spiro atoms. The van der Waals surface area contributed by atoms with E-state index in [-0.39, 0.29) is 23.3 Å². The van der Waals surface area contributed by atoms with Gasteiger partial charge in [-0.3, -0.25) is 9.98 Å². The lowest BCUT2D eigenvalue weighted by molar-refractivity contribution is 0.553. The van der Waals surface area contributed by atoms with E-state index in [4.69, 9.17) is 11.6 Å². The number of aromatic nitrogens is 1. The molecule has 0 unspecified atom stereocenters. The smallest absolute Gasteiger partial charge is 0.154 e. The predicted molar refractivity (Wildman–Crippen MR) is 123 cm³/mol. The summed E-state index contributed by atoms with van der Waals surface area (Å²) in [7, 11) is -3.46. The van der Waals surface area contributed by atoms with Crippen LogP contribution >= 0.6 is 11.6 Å². The van der Waals surface area contributed by atoms with E-state index in [2.05, 4.69) is 9.98 Å². The van der Waals surface area contributed by atoms with Crippen LogP contribution < -0.4 is 0 Å². The normalized spacial score (nSPS) is 13.2. The molecule has 1 aliphatic rings. The minimum atomic E-state index is -3.46. The van der Waals surface area contributed by atoms with E-state index in [1.807, 2.05) is 18.2 Å². The summed E-state index contributed by atoms with van der Waals surface area (Å²) in [5.74, 6) is -2.05. The van der Waals surface area contributed by atoms with Crippen LogP contribution in [-0.2, 0) is 28.6 Å². The van der Waals surface area contributed by atoms with Crippen LogP contribution in [0.25, 0.3) is 11.1 Å². The van der Waals surface area contributed by atoms with Crippen molar-refractivity contribution in [2.45, 2.75) is 32.1 Å². The van der Waals surface area contributed by atoms with Crippen LogP contribution in [0.5, 0.6) is 0 Å². The van der Waals surface area contributed by atoms with Crippen molar-refractivity contribution in [2.24, 2.45) is 4.99 Å². The monoisotopic (exact) mass is 474 g/mol. The van der Waals surface area contributed by atoms with Crippen molar-refractivity contribution in [1.29, 1.82) is 0 Å². The van der Waals surface area contributed by atoms with Crippen LogP contribution in [-0.4, -0.2) is 24.9 Å². The Morgan fingerprint density at radius 2 is 1.81 bits per heavy atom. The molecule has 4 rings (SSSR count). The SMILES string of the molecule is CCCS(=O)(=O)Cc1ccc(F)c(CC2=NCc3ncc(-c4ccc(Cl)cc4)cc32)c1F. The molecule has 32 heavy (non-hydrogen) atoms. The van der Waals surface area contributed by atoms with Gasteiger partial charge < -0.3 is 0 Å². The highest BCUT2D eigenvalue weighted by molar-refractivity contribution is 7.90. The van der Waals surface area contributed by atoms with Gasteiger partial charge in [-0.25, -0.2) is 17.2 Å². The Hall–Kier alpha value is -2.64. The molecule has 0 saturated heterocycles. The average molecular weight is 475 g/mol. The lowest BCUT2D eigenvalue weighted by Crippen LogP contribution is -2.13. The molecule has 0 fully saturated rings. The Morgan fingerprint density at radius 3 is 2.53 bits per heavy atom. The number of rotatable bonds is 7. The standard InChI is InChI=1S/C24H21ClF2N2O2S/c1-2-9-32(30,31)14-16-5-8-21(26)19(24(16)27)11-22-20-10-17(12-28-23(20)13-29-22)15-3-6-18(25)7-4-15/h3-8,10,12H,2,9,11,13-14H2,1H3. The summed E-state index contributed by atoms with van der Waals surface area (Å²) in [6.45, 7) is 2.07. The first-order valence-corrected chi connectivity index (χ1v) is 12.4. The second kappa shape index (κ2) is 9.08. The minimum Gasteiger partial charge on any atom is -0.282 e. The number of nitrogens with zero attached hydrogens (tertiary/aromatic N) is 2.